The summed E-state index contributed by atoms with van der Waals surface area (Å²) in [4.78, 5) is 146. The molecule has 9 amide bonds. The van der Waals surface area contributed by atoms with E-state index >= 15 is 0 Å². The van der Waals surface area contributed by atoms with E-state index in [4.69, 9.17) is 5.73 Å². The number of primary amides is 1. The Bertz CT molecular complexity index is 3230. The van der Waals surface area contributed by atoms with Crippen molar-refractivity contribution in [3.05, 3.63) is 106 Å². The van der Waals surface area contributed by atoms with Gasteiger partial charge in [-0.3, -0.25) is 53.0 Å². The first kappa shape index (κ1) is 60.3. The van der Waals surface area contributed by atoms with Crippen LogP contribution in [0, 0.1) is 11.8 Å². The third kappa shape index (κ3) is 14.2. The topological polar surface area (TPSA) is 323 Å². The summed E-state index contributed by atoms with van der Waals surface area (Å²) in [5, 5.41) is 13.5. The molecule has 25 heteroatoms. The molecule has 3 aromatic carbocycles. The molecule has 0 saturated carbocycles. The molecule has 82 heavy (non-hydrogen) atoms. The molecule has 10 N–H and O–H groups in total. The first-order valence-electron chi connectivity index (χ1n) is 27.5. The number of piperidine rings is 1. The molecule has 0 radical (unpaired) electrons. The number of nitrogens with one attached hydrogen (secondary N) is 6. The largest absolute Gasteiger partial charge is 0.399 e. The Hall–Kier alpha value is -7.84. The van der Waals surface area contributed by atoms with Crippen LogP contribution in [0.3, 0.4) is 0 Å². The van der Waals surface area contributed by atoms with E-state index in [9.17, 15) is 66.3 Å². The molecule has 3 unspecified atom stereocenters. The fourth-order valence-corrected chi connectivity index (χ4v) is 11.4. The summed E-state index contributed by atoms with van der Waals surface area (Å²) in [7, 11) is -4.12. The molecule has 8 rings (SSSR count). The zero-order valence-corrected chi connectivity index (χ0v) is 46.1. The smallest absolute Gasteiger partial charge is 0.370 e. The summed E-state index contributed by atoms with van der Waals surface area (Å²) < 4.78 is 40.6. The van der Waals surface area contributed by atoms with E-state index in [2.05, 4.69) is 43.4 Å². The van der Waals surface area contributed by atoms with Gasteiger partial charge in [0.05, 0.1) is 0 Å². The summed E-state index contributed by atoms with van der Waals surface area (Å²) >= 11 is 0. The minimum Gasteiger partial charge on any atom is -0.370 e. The number of unbranched alkanes of at least 4 members (excludes halogenated alkanes) is 6. The predicted molar refractivity (Wildman–Crippen MR) is 294 cm³/mol. The second-order valence-electron chi connectivity index (χ2n) is 21.3. The maximum atomic E-state index is 14.5. The van der Waals surface area contributed by atoms with Gasteiger partial charge < -0.3 is 56.5 Å². The van der Waals surface area contributed by atoms with E-state index in [1.165, 1.54) is 15.9 Å². The quantitative estimate of drug-likeness (QED) is 0.0236. The Morgan fingerprint density at radius 3 is 2.35 bits per heavy atom. The molecule has 3 fully saturated rings. The first-order chi connectivity index (χ1) is 39.1. The van der Waals surface area contributed by atoms with Crippen LogP contribution in [-0.4, -0.2) is 140 Å². The fourth-order valence-electron chi connectivity index (χ4n) is 11.0. The van der Waals surface area contributed by atoms with Crippen LogP contribution in [0.5, 0.6) is 0 Å². The van der Waals surface area contributed by atoms with Gasteiger partial charge in [-0.05, 0) is 100.0 Å². The number of carbonyl (C=O) groups is 9. The summed E-state index contributed by atoms with van der Waals surface area (Å²) in [6.07, 6.45) is 6.74. The van der Waals surface area contributed by atoms with Crippen LogP contribution in [0.15, 0.2) is 72.8 Å². The van der Waals surface area contributed by atoms with Crippen molar-refractivity contribution in [2.45, 2.75) is 138 Å². The van der Waals surface area contributed by atoms with E-state index in [0.717, 1.165) is 61.4 Å². The Morgan fingerprint density at radius 2 is 1.62 bits per heavy atom. The molecule has 0 spiro atoms. The predicted octanol–water partition coefficient (Wildman–Crippen LogP) is 3.46. The Labute approximate surface area is 471 Å². The van der Waals surface area contributed by atoms with Crippen molar-refractivity contribution in [2.24, 2.45) is 5.73 Å². The monoisotopic (exact) mass is 1150 g/mol. The molecule has 6 atom stereocenters. The van der Waals surface area contributed by atoms with E-state index < -0.39 is 96.4 Å². The van der Waals surface area contributed by atoms with Crippen molar-refractivity contribution in [2.75, 3.05) is 26.7 Å². The summed E-state index contributed by atoms with van der Waals surface area (Å²) in [5.41, 5.74) is 2.61. The number of H-pyrrole nitrogens is 1. The third-order valence-corrected chi connectivity index (χ3v) is 16.4. The Kier molecular flexibility index (Phi) is 19.4. The number of fused-ring (bicyclic) bond motifs is 3. The number of aromatic amines is 1. The lowest BCUT2D eigenvalue weighted by atomic mass is 10.0. The normalized spacial score (nSPS) is 20.1. The molecular formula is C57H67F2N10O12P. The number of imide groups is 1. The molecule has 4 aromatic rings. The van der Waals surface area contributed by atoms with Gasteiger partial charge in [0, 0.05) is 72.5 Å². The second kappa shape index (κ2) is 26.4. The molecule has 4 aliphatic rings. The highest BCUT2D eigenvalue weighted by Crippen LogP contribution is 2.59. The molecule has 1 aromatic heterocycles. The molecule has 0 bridgehead atoms. The molecule has 436 valence electrons. The van der Waals surface area contributed by atoms with E-state index in [1.807, 2.05) is 11.0 Å². The van der Waals surface area contributed by atoms with Gasteiger partial charge in [0.2, 0.25) is 41.4 Å². The number of likely N-dealkylation sites (N-methyl/N-ethyl adjacent to an activating group) is 1. The van der Waals surface area contributed by atoms with Crippen molar-refractivity contribution in [1.82, 2.24) is 46.3 Å². The lowest BCUT2D eigenvalue weighted by Gasteiger charge is -2.38. The van der Waals surface area contributed by atoms with Crippen LogP contribution in [0.2, 0.25) is 0 Å². The lowest BCUT2D eigenvalue weighted by molar-refractivity contribution is -0.144. The number of nitrogens with two attached hydrogens (primary N) is 1. The van der Waals surface area contributed by atoms with Gasteiger partial charge in [-0.2, -0.15) is 8.78 Å². The fraction of sp³-hybridized carbons (Fsp3) is 0.456. The van der Waals surface area contributed by atoms with Gasteiger partial charge in [0.15, 0.2) is 0 Å². The number of carbonyl (C=O) groups excluding carboxylic acids is 9. The number of hydrogen-bond donors (Lipinski definition) is 9. The molecular weight excluding hydrogens is 1090 g/mol. The molecule has 0 aliphatic carbocycles. The van der Waals surface area contributed by atoms with Crippen LogP contribution in [-0.2, 0) is 50.3 Å². The first-order valence-corrected chi connectivity index (χ1v) is 29.1. The van der Waals surface area contributed by atoms with Crippen LogP contribution in [0.25, 0.3) is 10.9 Å². The van der Waals surface area contributed by atoms with Crippen LogP contribution in [0.1, 0.15) is 139 Å². The van der Waals surface area contributed by atoms with Crippen molar-refractivity contribution in [3.63, 3.8) is 0 Å². The number of aromatic nitrogens is 1. The van der Waals surface area contributed by atoms with Crippen molar-refractivity contribution in [3.8, 4) is 11.8 Å². The van der Waals surface area contributed by atoms with Gasteiger partial charge in [-0.15, -0.1) is 0 Å². The number of halogens is 2. The zero-order valence-electron chi connectivity index (χ0n) is 45.2. The number of benzene rings is 3. The Balaban J connectivity index is 0.828. The van der Waals surface area contributed by atoms with E-state index in [1.54, 1.807) is 49.5 Å². The zero-order chi connectivity index (χ0) is 58.9. The standard InChI is InChI=1S/C57H67F2N10O12P/c1-67-29-27-38-20-23-46(69(38)56(78)44(33-67)64-51(73)43-31-36-30-37(19-21-41(36)62-43)57(58,59)82(79,80)81)53(75)63-42(22-25-47(60)70)50(72)66-49(35-15-10-8-11-16-35)54(76)61-28-12-7-5-3-2-4-6-9-14-34-17-13-18-39-40(34)32-68(55(39)77)45-24-26-48(71)65-52(45)74/h8,10-11,13,15-19,21,30-31,38,42,44-46,49,62H,2-7,12,20,22-29,32-33H2,1H3,(H2,60,70)(H,61,76)(H,63,75)(H,64,73)(H,66,72)(H,65,71,74)(H2,79,80,81)/t38-,42?,44+,45?,46+,49?/m1/s1. The Morgan fingerprint density at radius 1 is 0.878 bits per heavy atom. The van der Waals surface area contributed by atoms with E-state index in [-0.39, 0.29) is 73.6 Å². The van der Waals surface area contributed by atoms with Gasteiger partial charge in [0.25, 0.3) is 11.8 Å². The lowest BCUT2D eigenvalue weighted by Crippen LogP contribution is -2.61. The SMILES string of the molecule is CN1CC[C@H]2CC[C@@H](C(=O)NC(CCC(N)=O)C(=O)NC(C(=O)NCCCCCCCCC#Cc3cccc4c3CN(C3CCC(=O)NC3=O)C4=O)c3ccccc3)N2C(=O)[C@@H](NC(=O)c2cc3cc(C(F)(F)P(=O)(O)O)ccc3[nH]2)C1. The highest BCUT2D eigenvalue weighted by atomic mass is 31.2. The molecule has 3 saturated heterocycles. The number of alkyl halides is 2. The maximum Gasteiger partial charge on any atom is 0.399 e. The molecule has 5 heterocycles. The third-order valence-electron chi connectivity index (χ3n) is 15.4. The van der Waals surface area contributed by atoms with Gasteiger partial charge in [-0.1, -0.05) is 80.0 Å². The highest BCUT2D eigenvalue weighted by Gasteiger charge is 2.51. The van der Waals surface area contributed by atoms with E-state index in [0.29, 0.717) is 49.9 Å². The maximum absolute atomic E-state index is 14.5. The molecule has 22 nitrogen and oxygen atoms in total. The van der Waals surface area contributed by atoms with Crippen LogP contribution < -0.4 is 32.3 Å². The van der Waals surface area contributed by atoms with Crippen molar-refractivity contribution < 1.29 is 66.3 Å². The number of amides is 9. The number of rotatable bonds is 22. The summed E-state index contributed by atoms with van der Waals surface area (Å²) in [5.74, 6) is 1.23. The van der Waals surface area contributed by atoms with Crippen molar-refractivity contribution in [1.29, 1.82) is 0 Å². The van der Waals surface area contributed by atoms with Crippen LogP contribution >= 0.6 is 7.60 Å². The second-order valence-corrected chi connectivity index (χ2v) is 22.9. The minimum atomic E-state index is -5.88. The highest BCUT2D eigenvalue weighted by molar-refractivity contribution is 7.52. The average molecular weight is 1150 g/mol. The van der Waals surface area contributed by atoms with Gasteiger partial charge >= 0.3 is 13.3 Å². The average Bonchev–Trinajstić information content (AvgIpc) is 4.25. The van der Waals surface area contributed by atoms with Crippen LogP contribution in [0.4, 0.5) is 8.78 Å². The number of nitrogens with zero attached hydrogens (tertiary/aromatic N) is 3. The molecule has 4 aliphatic heterocycles. The van der Waals surface area contributed by atoms with Gasteiger partial charge in [0.1, 0.15) is 35.9 Å². The van der Waals surface area contributed by atoms with Gasteiger partial charge in [-0.25, -0.2) is 0 Å². The summed E-state index contributed by atoms with van der Waals surface area (Å²) in [6.45, 7) is 1.06. The minimum absolute atomic E-state index is 0.0215. The van der Waals surface area contributed by atoms with Crippen molar-refractivity contribution >= 4 is 71.7 Å². The number of hydrogen-bond acceptors (Lipinski definition) is 11. The summed E-state index contributed by atoms with van der Waals surface area (Å²) in [6, 6.07) is 11.9.